The lowest BCUT2D eigenvalue weighted by Gasteiger charge is -2.52. The second-order valence-corrected chi connectivity index (χ2v) is 7.58. The van der Waals surface area contributed by atoms with Gasteiger partial charge in [-0.1, -0.05) is 42.5 Å². The molecule has 2 heterocycles. The summed E-state index contributed by atoms with van der Waals surface area (Å²) in [6.07, 6.45) is 1.29. The SMILES string of the molecule is N#C[C@@H]1[C@H](c2ccc(-c3ccccc3F)cc2)[C@H](CO)N1C(=O)C1CCOCC1. The molecule has 150 valence electrons. The average Bonchev–Trinajstić information content (AvgIpc) is 2.75. The number of rotatable bonds is 4. The number of nitrogens with zero attached hydrogens (tertiary/aromatic N) is 2. The summed E-state index contributed by atoms with van der Waals surface area (Å²) in [5.41, 5.74) is 2.13. The molecule has 1 N–H and O–H groups in total. The van der Waals surface area contributed by atoms with Crippen LogP contribution in [0.2, 0.25) is 0 Å². The first-order chi connectivity index (χ1) is 14.2. The van der Waals surface area contributed by atoms with E-state index in [4.69, 9.17) is 4.74 Å². The molecule has 3 atom stereocenters. The number of likely N-dealkylation sites (tertiary alicyclic amines) is 1. The Bertz CT molecular complexity index is 918. The largest absolute Gasteiger partial charge is 0.394 e. The highest BCUT2D eigenvalue weighted by Crippen LogP contribution is 2.42. The van der Waals surface area contributed by atoms with Crippen LogP contribution in [0.25, 0.3) is 11.1 Å². The first kappa shape index (κ1) is 19.6. The molecule has 0 radical (unpaired) electrons. The highest BCUT2D eigenvalue weighted by Gasteiger charge is 2.52. The molecule has 4 rings (SSSR count). The third-order valence-corrected chi connectivity index (χ3v) is 6.04. The smallest absolute Gasteiger partial charge is 0.227 e. The number of amides is 1. The van der Waals surface area contributed by atoms with Gasteiger partial charge in [0.05, 0.1) is 18.7 Å². The lowest BCUT2D eigenvalue weighted by atomic mass is 9.74. The zero-order valence-electron chi connectivity index (χ0n) is 16.0. The number of carbonyl (C=O) groups excluding carboxylic acids is 1. The van der Waals surface area contributed by atoms with Crippen LogP contribution in [0, 0.1) is 23.1 Å². The van der Waals surface area contributed by atoms with Gasteiger partial charge in [0.25, 0.3) is 0 Å². The standard InChI is InChI=1S/C23H23FN2O3/c24-19-4-2-1-3-18(19)15-5-7-16(8-6-15)22-20(13-25)26(21(22)14-27)23(28)17-9-11-29-12-10-17/h1-8,17,20-22,27H,9-12,14H2/t20-,21+,22+/m1/s1. The summed E-state index contributed by atoms with van der Waals surface area (Å²) in [5.74, 6) is -0.778. The van der Waals surface area contributed by atoms with Gasteiger partial charge in [-0.25, -0.2) is 4.39 Å². The molecule has 0 aliphatic carbocycles. The van der Waals surface area contributed by atoms with Gasteiger partial charge in [0.15, 0.2) is 0 Å². The molecule has 0 unspecified atom stereocenters. The Morgan fingerprint density at radius 2 is 1.86 bits per heavy atom. The van der Waals surface area contributed by atoms with E-state index in [9.17, 15) is 19.6 Å². The molecule has 0 spiro atoms. The highest BCUT2D eigenvalue weighted by atomic mass is 19.1. The first-order valence-corrected chi connectivity index (χ1v) is 9.91. The lowest BCUT2D eigenvalue weighted by molar-refractivity contribution is -0.154. The number of aliphatic hydroxyl groups excluding tert-OH is 1. The summed E-state index contributed by atoms with van der Waals surface area (Å²) in [6, 6.07) is 15.1. The van der Waals surface area contributed by atoms with E-state index in [1.807, 2.05) is 24.3 Å². The Kier molecular flexibility index (Phi) is 5.61. The van der Waals surface area contributed by atoms with Crippen molar-refractivity contribution in [2.75, 3.05) is 19.8 Å². The van der Waals surface area contributed by atoms with E-state index in [0.29, 0.717) is 31.6 Å². The van der Waals surface area contributed by atoms with Crippen LogP contribution >= 0.6 is 0 Å². The monoisotopic (exact) mass is 394 g/mol. The van der Waals surface area contributed by atoms with Crippen molar-refractivity contribution in [3.8, 4) is 17.2 Å². The predicted molar refractivity (Wildman–Crippen MR) is 105 cm³/mol. The second-order valence-electron chi connectivity index (χ2n) is 7.58. The number of hydrogen-bond donors (Lipinski definition) is 1. The van der Waals surface area contributed by atoms with Crippen molar-refractivity contribution in [1.82, 2.24) is 4.90 Å². The first-order valence-electron chi connectivity index (χ1n) is 9.91. The van der Waals surface area contributed by atoms with Crippen LogP contribution in [0.4, 0.5) is 4.39 Å². The van der Waals surface area contributed by atoms with Crippen LogP contribution in [0.3, 0.4) is 0 Å². The van der Waals surface area contributed by atoms with Crippen molar-refractivity contribution in [3.63, 3.8) is 0 Å². The summed E-state index contributed by atoms with van der Waals surface area (Å²) in [5, 5.41) is 19.7. The van der Waals surface area contributed by atoms with Crippen LogP contribution in [-0.2, 0) is 9.53 Å². The Hall–Kier alpha value is -2.75. The molecule has 2 saturated heterocycles. The Morgan fingerprint density at radius 1 is 1.17 bits per heavy atom. The van der Waals surface area contributed by atoms with Gasteiger partial charge in [0.1, 0.15) is 11.9 Å². The number of hydrogen-bond acceptors (Lipinski definition) is 4. The molecule has 5 nitrogen and oxygen atoms in total. The van der Waals surface area contributed by atoms with Crippen molar-refractivity contribution in [2.24, 2.45) is 5.92 Å². The van der Waals surface area contributed by atoms with E-state index in [1.165, 1.54) is 6.07 Å². The fourth-order valence-electron chi connectivity index (χ4n) is 4.45. The average molecular weight is 394 g/mol. The summed E-state index contributed by atoms with van der Waals surface area (Å²) in [6.45, 7) is 0.894. The van der Waals surface area contributed by atoms with Gasteiger partial charge in [-0.2, -0.15) is 5.26 Å². The molecule has 2 aromatic rings. The van der Waals surface area contributed by atoms with E-state index in [0.717, 1.165) is 11.1 Å². The molecule has 2 fully saturated rings. The predicted octanol–water partition coefficient (Wildman–Crippen LogP) is 3.10. The number of benzene rings is 2. The van der Waals surface area contributed by atoms with Crippen LogP contribution in [-0.4, -0.2) is 47.8 Å². The minimum atomic E-state index is -0.609. The highest BCUT2D eigenvalue weighted by molar-refractivity contribution is 5.81. The van der Waals surface area contributed by atoms with Crippen LogP contribution < -0.4 is 0 Å². The van der Waals surface area contributed by atoms with Gasteiger partial charge >= 0.3 is 0 Å². The molecule has 2 aromatic carbocycles. The van der Waals surface area contributed by atoms with Crippen molar-refractivity contribution >= 4 is 5.91 Å². The molecule has 0 aromatic heterocycles. The molecule has 0 saturated carbocycles. The topological polar surface area (TPSA) is 73.6 Å². The van der Waals surface area contributed by atoms with E-state index >= 15 is 0 Å². The number of halogens is 1. The van der Waals surface area contributed by atoms with Crippen LogP contribution in [0.5, 0.6) is 0 Å². The molecule has 2 aliphatic rings. The Labute approximate surface area is 169 Å². The number of carbonyl (C=O) groups is 1. The molecule has 0 bridgehead atoms. The maximum absolute atomic E-state index is 14.0. The van der Waals surface area contributed by atoms with Gasteiger partial charge in [-0.05, 0) is 30.0 Å². The number of nitriles is 1. The Morgan fingerprint density at radius 3 is 2.48 bits per heavy atom. The minimum Gasteiger partial charge on any atom is -0.394 e. The maximum atomic E-state index is 14.0. The normalized spacial score (nSPS) is 24.6. The van der Waals surface area contributed by atoms with Gasteiger partial charge < -0.3 is 14.7 Å². The van der Waals surface area contributed by atoms with E-state index in [2.05, 4.69) is 6.07 Å². The van der Waals surface area contributed by atoms with Crippen molar-refractivity contribution < 1.29 is 19.0 Å². The van der Waals surface area contributed by atoms with E-state index in [-0.39, 0.29) is 30.2 Å². The lowest BCUT2D eigenvalue weighted by Crippen LogP contribution is -2.66. The number of aliphatic hydroxyl groups is 1. The minimum absolute atomic E-state index is 0.0712. The summed E-state index contributed by atoms with van der Waals surface area (Å²) in [4.78, 5) is 14.5. The molecule has 2 aliphatic heterocycles. The van der Waals surface area contributed by atoms with Crippen molar-refractivity contribution in [1.29, 1.82) is 5.26 Å². The number of ether oxygens (including phenoxy) is 1. The molecular weight excluding hydrogens is 371 g/mol. The van der Waals surface area contributed by atoms with Gasteiger partial charge in [-0.3, -0.25) is 4.79 Å². The fraction of sp³-hybridized carbons (Fsp3) is 0.391. The molecule has 29 heavy (non-hydrogen) atoms. The molecule has 6 heteroatoms. The van der Waals surface area contributed by atoms with Crippen LogP contribution in [0.1, 0.15) is 24.3 Å². The second kappa shape index (κ2) is 8.32. The molecule has 1 amide bonds. The van der Waals surface area contributed by atoms with Gasteiger partial charge in [-0.15, -0.1) is 0 Å². The summed E-state index contributed by atoms with van der Waals surface area (Å²) >= 11 is 0. The summed E-state index contributed by atoms with van der Waals surface area (Å²) < 4.78 is 19.4. The summed E-state index contributed by atoms with van der Waals surface area (Å²) in [7, 11) is 0. The van der Waals surface area contributed by atoms with Gasteiger partial charge in [0.2, 0.25) is 5.91 Å². The van der Waals surface area contributed by atoms with Crippen molar-refractivity contribution in [2.45, 2.75) is 30.8 Å². The quantitative estimate of drug-likeness (QED) is 0.865. The zero-order valence-corrected chi connectivity index (χ0v) is 16.0. The van der Waals surface area contributed by atoms with E-state index in [1.54, 1.807) is 23.1 Å². The third kappa shape index (κ3) is 3.52. The third-order valence-electron chi connectivity index (χ3n) is 6.04. The van der Waals surface area contributed by atoms with Crippen LogP contribution in [0.15, 0.2) is 48.5 Å². The van der Waals surface area contributed by atoms with E-state index < -0.39 is 12.1 Å². The van der Waals surface area contributed by atoms with Gasteiger partial charge in [0, 0.05) is 30.6 Å². The van der Waals surface area contributed by atoms with Crippen molar-refractivity contribution in [3.05, 3.63) is 59.9 Å². The Balaban J connectivity index is 1.56. The maximum Gasteiger partial charge on any atom is 0.227 e. The molecular formula is C23H23FN2O3. The fourth-order valence-corrected chi connectivity index (χ4v) is 4.45. The zero-order chi connectivity index (χ0) is 20.4.